The standard InChI is InChI=1S/C19H18F2N8O7S/c1-10-7-11(3-4-16(10)37(34,35)36)24-19-26-17(21)25-18(27-19)23-6-2-5-22-13-8-12(20)14(28(30)31)9-15(13)29(32)33/h3-4,7-9,22H,2,5-6H2,1H3,(H,34,35,36)(H2,23,24,25,26,27). The molecule has 0 aliphatic rings. The van der Waals surface area contributed by atoms with Crippen LogP contribution in [0.5, 0.6) is 0 Å². The van der Waals surface area contributed by atoms with Crippen LogP contribution in [0.4, 0.5) is 43.4 Å². The van der Waals surface area contributed by atoms with Gasteiger partial charge in [-0.15, -0.1) is 0 Å². The van der Waals surface area contributed by atoms with Crippen molar-refractivity contribution in [2.75, 3.05) is 29.0 Å². The predicted molar refractivity (Wildman–Crippen MR) is 125 cm³/mol. The molecule has 18 heteroatoms. The molecule has 0 unspecified atom stereocenters. The lowest BCUT2D eigenvalue weighted by molar-refractivity contribution is -0.395. The predicted octanol–water partition coefficient (Wildman–Crippen LogP) is 3.18. The van der Waals surface area contributed by atoms with Crippen LogP contribution in [-0.4, -0.2) is 50.9 Å². The molecule has 0 fully saturated rings. The van der Waals surface area contributed by atoms with E-state index in [0.29, 0.717) is 17.8 Å². The maximum absolute atomic E-state index is 13.9. The van der Waals surface area contributed by atoms with E-state index in [4.69, 9.17) is 0 Å². The first-order chi connectivity index (χ1) is 17.3. The van der Waals surface area contributed by atoms with Crippen LogP contribution >= 0.6 is 0 Å². The fourth-order valence-corrected chi connectivity index (χ4v) is 3.83. The molecule has 0 amide bonds. The number of nitrogens with one attached hydrogen (secondary N) is 3. The van der Waals surface area contributed by atoms with E-state index in [2.05, 4.69) is 30.9 Å². The number of rotatable bonds is 11. The van der Waals surface area contributed by atoms with E-state index < -0.39 is 43.2 Å². The van der Waals surface area contributed by atoms with Gasteiger partial charge in [-0.3, -0.25) is 24.8 Å². The summed E-state index contributed by atoms with van der Waals surface area (Å²) in [6.45, 7) is 1.66. The summed E-state index contributed by atoms with van der Waals surface area (Å²) in [7, 11) is -4.41. The molecule has 15 nitrogen and oxygen atoms in total. The van der Waals surface area contributed by atoms with Gasteiger partial charge in [-0.2, -0.15) is 32.2 Å². The van der Waals surface area contributed by atoms with Crippen LogP contribution in [0.15, 0.2) is 35.2 Å². The first-order valence-corrected chi connectivity index (χ1v) is 11.7. The third kappa shape index (κ3) is 6.98. The van der Waals surface area contributed by atoms with Crippen molar-refractivity contribution in [1.82, 2.24) is 15.0 Å². The second kappa shape index (κ2) is 11.0. The molecule has 0 aliphatic carbocycles. The van der Waals surface area contributed by atoms with Crippen LogP contribution in [-0.2, 0) is 10.1 Å². The molecule has 0 saturated heterocycles. The highest BCUT2D eigenvalue weighted by Crippen LogP contribution is 2.31. The normalized spacial score (nSPS) is 11.1. The minimum absolute atomic E-state index is 0.0726. The fraction of sp³-hybridized carbons (Fsp3) is 0.211. The minimum atomic E-state index is -4.41. The number of anilines is 4. The Morgan fingerprint density at radius 1 is 0.946 bits per heavy atom. The molecule has 3 aromatic rings. The molecule has 1 heterocycles. The SMILES string of the molecule is Cc1cc(Nc2nc(F)nc(NCCCNc3cc(F)c([N+](=O)[O-])cc3[N+](=O)[O-])n2)ccc1S(=O)(=O)O. The Bertz CT molecular complexity index is 1470. The minimum Gasteiger partial charge on any atom is -0.379 e. The molecule has 0 saturated carbocycles. The van der Waals surface area contributed by atoms with Gasteiger partial charge in [0.15, 0.2) is 0 Å². The van der Waals surface area contributed by atoms with E-state index in [0.717, 1.165) is 6.07 Å². The highest BCUT2D eigenvalue weighted by atomic mass is 32.2. The topological polar surface area (TPSA) is 215 Å². The van der Waals surface area contributed by atoms with Crippen molar-refractivity contribution in [3.63, 3.8) is 0 Å². The zero-order valence-corrected chi connectivity index (χ0v) is 19.6. The quantitative estimate of drug-likeness (QED) is 0.119. The summed E-state index contributed by atoms with van der Waals surface area (Å²) >= 11 is 0. The average Bonchev–Trinajstić information content (AvgIpc) is 2.77. The lowest BCUT2D eigenvalue weighted by Gasteiger charge is -2.10. The van der Waals surface area contributed by atoms with Gasteiger partial charge in [-0.25, -0.2) is 0 Å². The lowest BCUT2D eigenvalue weighted by atomic mass is 10.2. The van der Waals surface area contributed by atoms with Crippen LogP contribution in [0.2, 0.25) is 0 Å². The van der Waals surface area contributed by atoms with Gasteiger partial charge in [-0.1, -0.05) is 0 Å². The summed E-state index contributed by atoms with van der Waals surface area (Å²) in [5.41, 5.74) is -1.41. The molecule has 196 valence electrons. The van der Waals surface area contributed by atoms with Gasteiger partial charge in [-0.05, 0) is 37.1 Å². The molecular formula is C19H18F2N8O7S. The Morgan fingerprint density at radius 3 is 2.22 bits per heavy atom. The number of nitrogens with zero attached hydrogens (tertiary/aromatic N) is 5. The van der Waals surface area contributed by atoms with E-state index in [1.807, 2.05) is 0 Å². The second-order valence-corrected chi connectivity index (χ2v) is 8.76. The van der Waals surface area contributed by atoms with Gasteiger partial charge >= 0.3 is 11.8 Å². The third-order valence-corrected chi connectivity index (χ3v) is 5.74. The molecule has 0 aliphatic heterocycles. The van der Waals surface area contributed by atoms with Crippen molar-refractivity contribution in [3.8, 4) is 0 Å². The number of nitro groups is 2. The largest absolute Gasteiger partial charge is 0.379 e. The fourth-order valence-electron chi connectivity index (χ4n) is 3.13. The van der Waals surface area contributed by atoms with Crippen molar-refractivity contribution in [2.24, 2.45) is 0 Å². The average molecular weight is 540 g/mol. The highest BCUT2D eigenvalue weighted by molar-refractivity contribution is 7.85. The summed E-state index contributed by atoms with van der Waals surface area (Å²) < 4.78 is 59.5. The zero-order valence-electron chi connectivity index (χ0n) is 18.8. The summed E-state index contributed by atoms with van der Waals surface area (Å²) in [5, 5.41) is 30.0. The molecule has 37 heavy (non-hydrogen) atoms. The summed E-state index contributed by atoms with van der Waals surface area (Å²) in [5.74, 6) is -1.60. The Kier molecular flexibility index (Phi) is 8.03. The Hall–Kier alpha value is -4.58. The van der Waals surface area contributed by atoms with Crippen molar-refractivity contribution in [2.45, 2.75) is 18.2 Å². The monoisotopic (exact) mass is 540 g/mol. The summed E-state index contributed by atoms with van der Waals surface area (Å²) in [6, 6.07) is 5.03. The van der Waals surface area contributed by atoms with Crippen molar-refractivity contribution in [3.05, 3.63) is 68.0 Å². The molecule has 4 N–H and O–H groups in total. The number of hydrogen-bond acceptors (Lipinski definition) is 12. The third-order valence-electron chi connectivity index (χ3n) is 4.73. The first kappa shape index (κ1) is 27.0. The van der Waals surface area contributed by atoms with E-state index in [1.165, 1.54) is 19.1 Å². The molecule has 0 spiro atoms. The van der Waals surface area contributed by atoms with E-state index >= 15 is 0 Å². The Labute approximate surface area is 207 Å². The molecule has 1 aromatic heterocycles. The van der Waals surface area contributed by atoms with Crippen LogP contribution in [0.25, 0.3) is 0 Å². The molecule has 0 radical (unpaired) electrons. The second-order valence-electron chi connectivity index (χ2n) is 7.37. The van der Waals surface area contributed by atoms with Crippen molar-refractivity contribution >= 4 is 44.8 Å². The molecule has 0 atom stereocenters. The summed E-state index contributed by atoms with van der Waals surface area (Å²) in [4.78, 5) is 30.7. The first-order valence-electron chi connectivity index (χ1n) is 10.2. The van der Waals surface area contributed by atoms with Gasteiger partial charge in [0.25, 0.3) is 15.8 Å². The molecular weight excluding hydrogens is 522 g/mol. The highest BCUT2D eigenvalue weighted by Gasteiger charge is 2.24. The Morgan fingerprint density at radius 2 is 1.59 bits per heavy atom. The van der Waals surface area contributed by atoms with Crippen molar-refractivity contribution < 1.29 is 31.6 Å². The van der Waals surface area contributed by atoms with Gasteiger partial charge in [0, 0.05) is 24.8 Å². The van der Waals surface area contributed by atoms with E-state index in [1.54, 1.807) is 0 Å². The maximum Gasteiger partial charge on any atom is 0.315 e. The zero-order chi connectivity index (χ0) is 27.3. The number of aryl methyl sites for hydroxylation is 1. The van der Waals surface area contributed by atoms with Crippen molar-refractivity contribution in [1.29, 1.82) is 0 Å². The number of aromatic nitrogens is 3. The number of halogens is 2. The van der Waals surface area contributed by atoms with E-state index in [-0.39, 0.29) is 47.6 Å². The van der Waals surface area contributed by atoms with Gasteiger partial charge < -0.3 is 16.0 Å². The van der Waals surface area contributed by atoms with Gasteiger partial charge in [0.05, 0.1) is 20.8 Å². The lowest BCUT2D eigenvalue weighted by Crippen LogP contribution is -2.13. The van der Waals surface area contributed by atoms with Crippen LogP contribution in [0.3, 0.4) is 0 Å². The molecule has 2 aromatic carbocycles. The smallest absolute Gasteiger partial charge is 0.315 e. The number of hydrogen-bond donors (Lipinski definition) is 4. The molecule has 3 rings (SSSR count). The Balaban J connectivity index is 1.60. The van der Waals surface area contributed by atoms with Crippen LogP contribution in [0.1, 0.15) is 12.0 Å². The number of benzene rings is 2. The van der Waals surface area contributed by atoms with Gasteiger partial charge in [0.1, 0.15) is 5.69 Å². The van der Waals surface area contributed by atoms with Crippen LogP contribution < -0.4 is 16.0 Å². The van der Waals surface area contributed by atoms with Gasteiger partial charge in [0.2, 0.25) is 17.7 Å². The maximum atomic E-state index is 13.9. The van der Waals surface area contributed by atoms with Crippen LogP contribution in [0, 0.1) is 39.0 Å². The number of nitro benzene ring substituents is 2. The summed E-state index contributed by atoms with van der Waals surface area (Å²) in [6.07, 6.45) is -0.858. The molecule has 0 bridgehead atoms. The van der Waals surface area contributed by atoms with E-state index in [9.17, 15) is 42.0 Å².